The van der Waals surface area contributed by atoms with Crippen LogP contribution >= 0.6 is 11.6 Å². The number of carbonyl (C=O) groups is 1. The Morgan fingerprint density at radius 2 is 2.00 bits per heavy atom. The second-order valence-electron chi connectivity index (χ2n) is 3.62. The molecule has 6 nitrogen and oxygen atoms in total. The maximum Gasteiger partial charge on any atom is 0.332 e. The number of anilines is 1. The fraction of sp³-hybridized carbons (Fsp3) is 0.500. The van der Waals surface area contributed by atoms with Crippen LogP contribution in [-0.2, 0) is 13.6 Å². The van der Waals surface area contributed by atoms with Gasteiger partial charge in [0, 0.05) is 13.6 Å². The highest BCUT2D eigenvalue weighted by atomic mass is 35.5. The number of nitrogens with two attached hydrogens (primary N) is 1. The fourth-order valence-corrected chi connectivity index (χ4v) is 1.69. The predicted molar refractivity (Wildman–Crippen MR) is 65.7 cm³/mol. The summed E-state index contributed by atoms with van der Waals surface area (Å²) in [5, 5.41) is 0. The van der Waals surface area contributed by atoms with Crippen molar-refractivity contribution in [2.75, 3.05) is 11.6 Å². The van der Waals surface area contributed by atoms with Gasteiger partial charge in [0.1, 0.15) is 11.4 Å². The molecule has 0 atom stereocenters. The number of nitrogen functional groups attached to an aromatic ring is 1. The first-order valence-corrected chi connectivity index (χ1v) is 5.67. The molecular formula is C10H14ClN3O3. The van der Waals surface area contributed by atoms with Crippen LogP contribution in [0.4, 0.5) is 5.82 Å². The van der Waals surface area contributed by atoms with Crippen LogP contribution in [0.1, 0.15) is 23.7 Å². The molecular weight excluding hydrogens is 246 g/mol. The Labute approximate surface area is 103 Å². The van der Waals surface area contributed by atoms with Gasteiger partial charge >= 0.3 is 5.69 Å². The smallest absolute Gasteiger partial charge is 0.332 e. The Bertz CT molecular complexity index is 559. The Kier molecular flexibility index (Phi) is 4.11. The van der Waals surface area contributed by atoms with Crippen LogP contribution in [-0.4, -0.2) is 20.8 Å². The minimum atomic E-state index is -0.703. The van der Waals surface area contributed by atoms with Crippen LogP contribution in [0.2, 0.25) is 0 Å². The third kappa shape index (κ3) is 2.26. The number of hydrogen-bond donors (Lipinski definition) is 1. The van der Waals surface area contributed by atoms with E-state index in [1.165, 1.54) is 11.6 Å². The lowest BCUT2D eigenvalue weighted by Gasteiger charge is -2.12. The van der Waals surface area contributed by atoms with E-state index < -0.39 is 17.0 Å². The number of carbonyl (C=O) groups excluding carboxylic acids is 1. The highest BCUT2D eigenvalue weighted by Crippen LogP contribution is 2.07. The van der Waals surface area contributed by atoms with Crippen molar-refractivity contribution in [1.82, 2.24) is 9.13 Å². The summed E-state index contributed by atoms with van der Waals surface area (Å²) in [6.07, 6.45) is 0.664. The van der Waals surface area contributed by atoms with Gasteiger partial charge in [0.25, 0.3) is 5.56 Å². The Morgan fingerprint density at radius 1 is 1.41 bits per heavy atom. The van der Waals surface area contributed by atoms with Gasteiger partial charge in [-0.25, -0.2) is 4.79 Å². The summed E-state index contributed by atoms with van der Waals surface area (Å²) in [7, 11) is 1.31. The van der Waals surface area contributed by atoms with Crippen LogP contribution in [0.15, 0.2) is 9.59 Å². The zero-order chi connectivity index (χ0) is 13.2. The molecule has 0 fully saturated rings. The number of halogens is 1. The van der Waals surface area contributed by atoms with Crippen molar-refractivity contribution in [2.24, 2.45) is 7.05 Å². The summed E-state index contributed by atoms with van der Waals surface area (Å²) in [6, 6.07) is 0. The minimum Gasteiger partial charge on any atom is -0.384 e. The number of rotatable bonds is 4. The lowest BCUT2D eigenvalue weighted by molar-refractivity contribution is 0.101. The summed E-state index contributed by atoms with van der Waals surface area (Å²) in [5.74, 6) is -1.02. The molecule has 2 N–H and O–H groups in total. The molecule has 17 heavy (non-hydrogen) atoms. The summed E-state index contributed by atoms with van der Waals surface area (Å²) < 4.78 is 2.08. The van der Waals surface area contributed by atoms with E-state index in [-0.39, 0.29) is 17.3 Å². The molecule has 0 aliphatic carbocycles. The molecule has 0 amide bonds. The third-order valence-electron chi connectivity index (χ3n) is 2.43. The summed E-state index contributed by atoms with van der Waals surface area (Å²) >= 11 is 5.41. The molecule has 1 aromatic heterocycles. The van der Waals surface area contributed by atoms with Crippen LogP contribution in [0.5, 0.6) is 0 Å². The first kappa shape index (κ1) is 13.5. The number of aromatic nitrogens is 2. The Balaban J connectivity index is 3.68. The molecule has 7 heteroatoms. The van der Waals surface area contributed by atoms with Crippen molar-refractivity contribution in [2.45, 2.75) is 19.9 Å². The van der Waals surface area contributed by atoms with E-state index in [0.29, 0.717) is 13.0 Å². The monoisotopic (exact) mass is 259 g/mol. The number of Topliss-reactive ketones (excluding diaryl/α,β-unsaturated/α-hetero) is 1. The highest BCUT2D eigenvalue weighted by molar-refractivity contribution is 6.31. The van der Waals surface area contributed by atoms with Gasteiger partial charge in [0.15, 0.2) is 5.78 Å². The fourth-order valence-electron chi connectivity index (χ4n) is 1.55. The second-order valence-corrected chi connectivity index (χ2v) is 3.88. The average molecular weight is 260 g/mol. The number of hydrogen-bond acceptors (Lipinski definition) is 4. The van der Waals surface area contributed by atoms with Crippen LogP contribution in [0, 0.1) is 0 Å². The molecule has 0 aromatic carbocycles. The molecule has 0 radical (unpaired) electrons. The largest absolute Gasteiger partial charge is 0.384 e. The standard InChI is InChI=1S/C10H14ClN3O3/c1-3-4-14-8(12)7(6(15)5-11)9(16)13(2)10(14)17/h3-5,12H2,1-2H3. The molecule has 1 rings (SSSR count). The molecule has 0 bridgehead atoms. The first-order valence-electron chi connectivity index (χ1n) is 5.14. The molecule has 0 spiro atoms. The summed E-state index contributed by atoms with van der Waals surface area (Å²) in [5.41, 5.74) is 4.24. The normalized spacial score (nSPS) is 10.5. The van der Waals surface area contributed by atoms with Gasteiger partial charge in [-0.1, -0.05) is 6.92 Å². The minimum absolute atomic E-state index is 0.106. The van der Waals surface area contributed by atoms with Gasteiger partial charge in [-0.3, -0.25) is 18.7 Å². The van der Waals surface area contributed by atoms with Crippen LogP contribution in [0.25, 0.3) is 0 Å². The maximum absolute atomic E-state index is 11.8. The zero-order valence-electron chi connectivity index (χ0n) is 9.70. The quantitative estimate of drug-likeness (QED) is 0.607. The van der Waals surface area contributed by atoms with Crippen molar-refractivity contribution in [3.8, 4) is 0 Å². The molecule has 94 valence electrons. The van der Waals surface area contributed by atoms with Crippen LogP contribution in [0.3, 0.4) is 0 Å². The topological polar surface area (TPSA) is 87.1 Å². The van der Waals surface area contributed by atoms with Crippen molar-refractivity contribution < 1.29 is 4.79 Å². The van der Waals surface area contributed by atoms with Crippen molar-refractivity contribution in [3.63, 3.8) is 0 Å². The van der Waals surface area contributed by atoms with E-state index in [1.54, 1.807) is 0 Å². The van der Waals surface area contributed by atoms with Gasteiger partial charge in [-0.2, -0.15) is 0 Å². The predicted octanol–water partition coefficient (Wildman–Crippen LogP) is -0.0393. The number of alkyl halides is 1. The van der Waals surface area contributed by atoms with Gasteiger partial charge in [0.05, 0.1) is 5.88 Å². The summed E-state index contributed by atoms with van der Waals surface area (Å²) in [4.78, 5) is 35.1. The van der Waals surface area contributed by atoms with Gasteiger partial charge in [-0.05, 0) is 6.42 Å². The van der Waals surface area contributed by atoms with E-state index in [0.717, 1.165) is 4.57 Å². The molecule has 0 saturated heterocycles. The maximum atomic E-state index is 11.8. The molecule has 0 unspecified atom stereocenters. The van der Waals surface area contributed by atoms with E-state index in [1.807, 2.05) is 6.92 Å². The molecule has 1 aromatic rings. The van der Waals surface area contributed by atoms with Crippen molar-refractivity contribution in [1.29, 1.82) is 0 Å². The van der Waals surface area contributed by atoms with Crippen LogP contribution < -0.4 is 17.0 Å². The number of ketones is 1. The van der Waals surface area contributed by atoms with E-state index in [4.69, 9.17) is 17.3 Å². The average Bonchev–Trinajstić information content (AvgIpc) is 2.32. The number of nitrogens with zero attached hydrogens (tertiary/aromatic N) is 2. The molecule has 0 saturated carbocycles. The lowest BCUT2D eigenvalue weighted by Crippen LogP contribution is -2.42. The van der Waals surface area contributed by atoms with E-state index >= 15 is 0 Å². The van der Waals surface area contributed by atoms with Crippen molar-refractivity contribution in [3.05, 3.63) is 26.4 Å². The third-order valence-corrected chi connectivity index (χ3v) is 2.67. The van der Waals surface area contributed by atoms with E-state index in [2.05, 4.69) is 0 Å². The van der Waals surface area contributed by atoms with Gasteiger partial charge < -0.3 is 5.73 Å². The van der Waals surface area contributed by atoms with Gasteiger partial charge in [-0.15, -0.1) is 11.6 Å². The SMILES string of the molecule is CCCn1c(N)c(C(=O)CCl)c(=O)n(C)c1=O. The van der Waals surface area contributed by atoms with Crippen molar-refractivity contribution >= 4 is 23.2 Å². The lowest BCUT2D eigenvalue weighted by atomic mass is 10.2. The van der Waals surface area contributed by atoms with E-state index in [9.17, 15) is 14.4 Å². The molecule has 0 aliphatic rings. The molecule has 0 aliphatic heterocycles. The Hall–Kier alpha value is -1.56. The second kappa shape index (κ2) is 5.18. The first-order chi connectivity index (χ1) is 7.95. The Morgan fingerprint density at radius 3 is 2.47 bits per heavy atom. The zero-order valence-corrected chi connectivity index (χ0v) is 10.5. The van der Waals surface area contributed by atoms with Gasteiger partial charge in [0.2, 0.25) is 0 Å². The molecule has 1 heterocycles. The summed E-state index contributed by atoms with van der Waals surface area (Å²) in [6.45, 7) is 2.21. The highest BCUT2D eigenvalue weighted by Gasteiger charge is 2.20.